The second kappa shape index (κ2) is 16.9. The van der Waals surface area contributed by atoms with E-state index in [1.165, 1.54) is 29.1 Å². The van der Waals surface area contributed by atoms with E-state index in [1.807, 2.05) is 32.0 Å². The number of imidazole rings is 1. The van der Waals surface area contributed by atoms with Crippen LogP contribution in [0.15, 0.2) is 48.8 Å². The highest BCUT2D eigenvalue weighted by Crippen LogP contribution is 2.30. The number of hydrogen-bond acceptors (Lipinski definition) is 7. The number of esters is 1. The van der Waals surface area contributed by atoms with E-state index in [1.54, 1.807) is 26.8 Å². The fourth-order valence-corrected chi connectivity index (χ4v) is 4.88. The molecule has 10 nitrogen and oxygen atoms in total. The average Bonchev–Trinajstić information content (AvgIpc) is 3.47. The Kier molecular flexibility index (Phi) is 13.4. The van der Waals surface area contributed by atoms with E-state index < -0.39 is 29.1 Å². The van der Waals surface area contributed by atoms with Gasteiger partial charge in [0.1, 0.15) is 5.75 Å². The van der Waals surface area contributed by atoms with Gasteiger partial charge < -0.3 is 24.7 Å². The Morgan fingerprint density at radius 3 is 2.41 bits per heavy atom. The molecule has 0 aliphatic rings. The van der Waals surface area contributed by atoms with Gasteiger partial charge in [0.05, 0.1) is 23.9 Å². The minimum atomic E-state index is -1.43. The third kappa shape index (κ3) is 10.4. The Bertz CT molecular complexity index is 1530. The summed E-state index contributed by atoms with van der Waals surface area (Å²) in [7, 11) is 0. The molecule has 2 aromatic carbocycles. The summed E-state index contributed by atoms with van der Waals surface area (Å²) in [5.41, 5.74) is 1.85. The van der Waals surface area contributed by atoms with Crippen molar-refractivity contribution < 1.29 is 28.7 Å². The summed E-state index contributed by atoms with van der Waals surface area (Å²) in [4.78, 5) is 57.0. The first-order chi connectivity index (χ1) is 21.8. The number of halogens is 1. The predicted octanol–water partition coefficient (Wildman–Crippen LogP) is 7.48. The maximum absolute atomic E-state index is 13.7. The predicted molar refractivity (Wildman–Crippen MR) is 180 cm³/mol. The second-order valence-corrected chi connectivity index (χ2v) is 12.7. The summed E-state index contributed by atoms with van der Waals surface area (Å²) in [5, 5.41) is 5.73. The quantitative estimate of drug-likeness (QED) is 0.0932. The van der Waals surface area contributed by atoms with Gasteiger partial charge in [0.25, 0.3) is 5.91 Å². The zero-order chi connectivity index (χ0) is 33.9. The van der Waals surface area contributed by atoms with Gasteiger partial charge in [-0.1, -0.05) is 76.3 Å². The summed E-state index contributed by atoms with van der Waals surface area (Å²) in [6.45, 7) is 11.7. The summed E-state index contributed by atoms with van der Waals surface area (Å²) < 4.78 is 12.4. The molecule has 0 radical (unpaired) electrons. The molecule has 2 N–H and O–H groups in total. The highest BCUT2D eigenvalue weighted by atomic mass is 35.5. The number of nitrogens with one attached hydrogen (secondary N) is 2. The minimum Gasteiger partial charge on any atom is -0.493 e. The number of anilines is 2. The summed E-state index contributed by atoms with van der Waals surface area (Å²) in [5.74, 6) is -1.48. The molecular weight excluding hydrogens is 608 g/mol. The SMILES string of the molecule is CCCCCCOC(=O)c1nccn1C(C(=O)Nc1cc(NC(=O)CCCOc2ccc(C)cc2C)ccc1Cl)C(=O)C(C)(C)C. The zero-order valence-corrected chi connectivity index (χ0v) is 28.3. The summed E-state index contributed by atoms with van der Waals surface area (Å²) >= 11 is 6.41. The van der Waals surface area contributed by atoms with Gasteiger partial charge in [-0.25, -0.2) is 9.78 Å². The van der Waals surface area contributed by atoms with Gasteiger partial charge in [-0.05, 0) is 56.5 Å². The van der Waals surface area contributed by atoms with E-state index in [0.717, 1.165) is 36.1 Å². The van der Waals surface area contributed by atoms with E-state index >= 15 is 0 Å². The van der Waals surface area contributed by atoms with Gasteiger partial charge in [-0.2, -0.15) is 0 Å². The van der Waals surface area contributed by atoms with E-state index in [0.29, 0.717) is 25.1 Å². The fraction of sp³-hybridized carbons (Fsp3) is 0.457. The van der Waals surface area contributed by atoms with Gasteiger partial charge in [-0.15, -0.1) is 0 Å². The fourth-order valence-electron chi connectivity index (χ4n) is 4.72. The number of hydrogen-bond donors (Lipinski definition) is 2. The van der Waals surface area contributed by atoms with Crippen LogP contribution in [0.25, 0.3) is 0 Å². The Morgan fingerprint density at radius 2 is 1.72 bits per heavy atom. The van der Waals surface area contributed by atoms with Crippen LogP contribution in [0, 0.1) is 19.3 Å². The van der Waals surface area contributed by atoms with Crippen molar-refractivity contribution in [3.05, 3.63) is 70.8 Å². The number of aryl methyl sites for hydroxylation is 2. The van der Waals surface area contributed by atoms with Crippen LogP contribution < -0.4 is 15.4 Å². The molecule has 1 unspecified atom stereocenters. The van der Waals surface area contributed by atoms with Crippen LogP contribution in [0.1, 0.15) is 94.0 Å². The zero-order valence-electron chi connectivity index (χ0n) is 27.6. The number of ether oxygens (including phenoxy) is 2. The maximum atomic E-state index is 13.7. The lowest BCUT2D eigenvalue weighted by atomic mass is 9.86. The van der Waals surface area contributed by atoms with Crippen molar-refractivity contribution in [3.8, 4) is 5.75 Å². The van der Waals surface area contributed by atoms with Gasteiger partial charge in [0, 0.05) is 29.9 Å². The number of amides is 2. The van der Waals surface area contributed by atoms with Crippen LogP contribution >= 0.6 is 11.6 Å². The molecule has 0 fully saturated rings. The van der Waals surface area contributed by atoms with Crippen molar-refractivity contribution in [2.45, 2.75) is 86.1 Å². The third-order valence-electron chi connectivity index (χ3n) is 7.24. The average molecular weight is 653 g/mol. The molecule has 248 valence electrons. The molecule has 0 aliphatic carbocycles. The van der Waals surface area contributed by atoms with Crippen LogP contribution in [0.5, 0.6) is 5.75 Å². The molecule has 2 amide bonds. The van der Waals surface area contributed by atoms with Gasteiger partial charge in [-0.3, -0.25) is 14.4 Å². The highest BCUT2D eigenvalue weighted by molar-refractivity contribution is 6.34. The molecule has 3 rings (SSSR count). The Hall–Kier alpha value is -4.18. The molecule has 0 saturated carbocycles. The largest absolute Gasteiger partial charge is 0.493 e. The Morgan fingerprint density at radius 1 is 0.957 bits per heavy atom. The molecule has 0 spiro atoms. The smallest absolute Gasteiger partial charge is 0.374 e. The van der Waals surface area contributed by atoms with Crippen LogP contribution in [0.3, 0.4) is 0 Å². The summed E-state index contributed by atoms with van der Waals surface area (Å²) in [6, 6.07) is 9.17. The molecule has 1 aromatic heterocycles. The number of unbranched alkanes of at least 4 members (excludes halogenated alkanes) is 3. The van der Waals surface area contributed by atoms with Crippen molar-refractivity contribution >= 4 is 46.5 Å². The first kappa shape index (κ1) is 36.3. The first-order valence-corrected chi connectivity index (χ1v) is 16.0. The highest BCUT2D eigenvalue weighted by Gasteiger charge is 2.38. The maximum Gasteiger partial charge on any atom is 0.374 e. The van der Waals surface area contributed by atoms with Gasteiger partial charge >= 0.3 is 5.97 Å². The molecule has 0 saturated heterocycles. The van der Waals surface area contributed by atoms with Crippen molar-refractivity contribution in [3.63, 3.8) is 0 Å². The van der Waals surface area contributed by atoms with E-state index in [9.17, 15) is 19.2 Å². The molecule has 3 aromatic rings. The lowest BCUT2D eigenvalue weighted by Crippen LogP contribution is -2.39. The van der Waals surface area contributed by atoms with Crippen molar-refractivity contribution in [2.75, 3.05) is 23.8 Å². The molecule has 11 heteroatoms. The van der Waals surface area contributed by atoms with Crippen molar-refractivity contribution in [2.24, 2.45) is 5.41 Å². The molecule has 1 atom stereocenters. The van der Waals surface area contributed by atoms with Crippen molar-refractivity contribution in [1.29, 1.82) is 0 Å². The molecule has 46 heavy (non-hydrogen) atoms. The van der Waals surface area contributed by atoms with E-state index in [2.05, 4.69) is 22.5 Å². The minimum absolute atomic E-state index is 0.151. The normalized spacial score (nSPS) is 11.9. The molecule has 1 heterocycles. The number of benzene rings is 2. The first-order valence-electron chi connectivity index (χ1n) is 15.7. The molecule has 0 aliphatic heterocycles. The van der Waals surface area contributed by atoms with Gasteiger partial charge in [0.2, 0.25) is 11.7 Å². The monoisotopic (exact) mass is 652 g/mol. The van der Waals surface area contributed by atoms with E-state index in [-0.39, 0.29) is 35.5 Å². The number of nitrogens with zero attached hydrogens (tertiary/aromatic N) is 2. The summed E-state index contributed by atoms with van der Waals surface area (Å²) in [6.07, 6.45) is 7.19. The number of aromatic nitrogens is 2. The molecular formula is C35H45ClN4O6. The number of carbonyl (C=O) groups is 4. The lowest BCUT2D eigenvalue weighted by molar-refractivity contribution is -0.135. The van der Waals surface area contributed by atoms with Crippen LogP contribution in [0.2, 0.25) is 5.02 Å². The molecule has 0 bridgehead atoms. The Labute approximate surface area is 276 Å². The standard InChI is InChI=1S/C35H45ClN4O6/c1-7-8-9-10-19-46-34(44)32-37-17-18-40(32)30(31(42)35(4,5)6)33(43)39-27-22-25(14-15-26(27)36)38-29(41)12-11-20-45-28-16-13-23(2)21-24(28)3/h13-18,21-22,30H,7-12,19-20H2,1-6H3,(H,38,41)(H,39,43). The third-order valence-corrected chi connectivity index (χ3v) is 7.57. The van der Waals surface area contributed by atoms with Crippen LogP contribution in [-0.2, 0) is 19.1 Å². The number of carbonyl (C=O) groups excluding carboxylic acids is 4. The van der Waals surface area contributed by atoms with Gasteiger partial charge in [0.15, 0.2) is 11.8 Å². The Balaban J connectivity index is 1.69. The number of rotatable bonds is 16. The van der Waals surface area contributed by atoms with Crippen molar-refractivity contribution in [1.82, 2.24) is 9.55 Å². The van der Waals surface area contributed by atoms with E-state index in [4.69, 9.17) is 21.1 Å². The second-order valence-electron chi connectivity index (χ2n) is 12.3. The number of ketones is 1. The number of Topliss-reactive ketones (excluding diaryl/α,β-unsaturated/α-hetero) is 1. The van der Waals surface area contributed by atoms with Crippen LogP contribution in [-0.4, -0.2) is 46.3 Å². The topological polar surface area (TPSA) is 129 Å². The van der Waals surface area contributed by atoms with Crippen LogP contribution in [0.4, 0.5) is 11.4 Å². The lowest BCUT2D eigenvalue weighted by Gasteiger charge is -2.26.